The molecule has 34 heavy (non-hydrogen) atoms. The van der Waals surface area contributed by atoms with Crippen LogP contribution in [0.2, 0.25) is 5.02 Å². The summed E-state index contributed by atoms with van der Waals surface area (Å²) >= 11 is 10.5. The predicted octanol–water partition coefficient (Wildman–Crippen LogP) is 4.63. The van der Waals surface area contributed by atoms with E-state index in [0.717, 1.165) is 16.7 Å². The Morgan fingerprint density at radius 1 is 1.18 bits per heavy atom. The maximum absolute atomic E-state index is 13.0. The van der Waals surface area contributed by atoms with E-state index in [2.05, 4.69) is 20.7 Å². The Bertz CT molecular complexity index is 1220. The third-order valence-corrected chi connectivity index (χ3v) is 6.83. The molecule has 0 bridgehead atoms. The summed E-state index contributed by atoms with van der Waals surface area (Å²) in [6.45, 7) is -0.216. The van der Waals surface area contributed by atoms with E-state index >= 15 is 0 Å². The number of ether oxygens (including phenoxy) is 5. The number of amides is 2. The van der Waals surface area contributed by atoms with Gasteiger partial charge >= 0.3 is 5.97 Å². The van der Waals surface area contributed by atoms with Crippen molar-refractivity contribution in [1.82, 2.24) is 4.90 Å². The van der Waals surface area contributed by atoms with Crippen LogP contribution in [0.4, 0.5) is 4.79 Å². The lowest BCUT2D eigenvalue weighted by atomic mass is 10.1. The zero-order valence-corrected chi connectivity index (χ0v) is 21.0. The van der Waals surface area contributed by atoms with Gasteiger partial charge in [0.05, 0.1) is 25.7 Å². The van der Waals surface area contributed by atoms with Crippen LogP contribution in [0.15, 0.2) is 33.6 Å². The fourth-order valence-corrected chi connectivity index (χ4v) is 4.64. The molecule has 178 valence electrons. The first-order chi connectivity index (χ1) is 16.3. The van der Waals surface area contributed by atoms with Crippen LogP contribution in [0.5, 0.6) is 23.0 Å². The molecule has 1 saturated heterocycles. The fourth-order valence-electron chi connectivity index (χ4n) is 3.16. The van der Waals surface area contributed by atoms with E-state index in [1.54, 1.807) is 30.3 Å². The van der Waals surface area contributed by atoms with Crippen molar-refractivity contribution in [3.05, 3.63) is 49.8 Å². The average molecular weight is 571 g/mol. The number of carbonyl (C=O) groups is 3. The molecule has 2 amide bonds. The first-order valence-corrected chi connectivity index (χ1v) is 11.7. The summed E-state index contributed by atoms with van der Waals surface area (Å²) in [4.78, 5) is 38.3. The van der Waals surface area contributed by atoms with Crippen molar-refractivity contribution in [1.29, 1.82) is 0 Å². The Balaban J connectivity index is 1.55. The Labute approximate surface area is 212 Å². The molecule has 2 aliphatic rings. The predicted molar refractivity (Wildman–Crippen MR) is 127 cm³/mol. The van der Waals surface area contributed by atoms with Crippen molar-refractivity contribution in [3.8, 4) is 23.0 Å². The number of halogens is 2. The van der Waals surface area contributed by atoms with E-state index in [1.807, 2.05) is 0 Å². The van der Waals surface area contributed by atoms with Crippen molar-refractivity contribution in [2.45, 2.75) is 6.54 Å². The molecule has 4 rings (SSSR count). The van der Waals surface area contributed by atoms with E-state index in [1.165, 1.54) is 14.2 Å². The number of esters is 1. The fraction of sp³-hybridized carbons (Fsp3) is 0.227. The lowest BCUT2D eigenvalue weighted by Gasteiger charge is -2.14. The van der Waals surface area contributed by atoms with Crippen LogP contribution in [-0.4, -0.2) is 49.6 Å². The van der Waals surface area contributed by atoms with Crippen LogP contribution in [0.3, 0.4) is 0 Å². The number of carbonyl (C=O) groups excluding carboxylic acids is 3. The van der Waals surface area contributed by atoms with Gasteiger partial charge in [0, 0.05) is 15.6 Å². The third kappa shape index (κ3) is 4.96. The van der Waals surface area contributed by atoms with Crippen LogP contribution in [-0.2, 0) is 20.9 Å². The van der Waals surface area contributed by atoms with Crippen LogP contribution in [0, 0.1) is 0 Å². The Morgan fingerprint density at radius 3 is 2.62 bits per heavy atom. The summed E-state index contributed by atoms with van der Waals surface area (Å²) in [5.74, 6) is 0.666. The Kier molecular flexibility index (Phi) is 7.24. The van der Waals surface area contributed by atoms with Gasteiger partial charge in [0.1, 0.15) is 0 Å². The molecular formula is C22H17BrClNO8S. The summed E-state index contributed by atoms with van der Waals surface area (Å²) < 4.78 is 26.5. The molecule has 0 spiro atoms. The van der Waals surface area contributed by atoms with Crippen molar-refractivity contribution < 1.29 is 38.1 Å². The highest BCUT2D eigenvalue weighted by Crippen LogP contribution is 2.41. The van der Waals surface area contributed by atoms with E-state index in [4.69, 9.17) is 30.5 Å². The van der Waals surface area contributed by atoms with Crippen molar-refractivity contribution >= 4 is 62.5 Å². The van der Waals surface area contributed by atoms with Gasteiger partial charge in [-0.2, -0.15) is 0 Å². The van der Waals surface area contributed by atoms with Crippen LogP contribution in [0.25, 0.3) is 6.08 Å². The molecule has 0 aliphatic carbocycles. The molecule has 2 aromatic carbocycles. The van der Waals surface area contributed by atoms with Gasteiger partial charge in [-0.3, -0.25) is 14.5 Å². The van der Waals surface area contributed by atoms with Gasteiger partial charge in [0.2, 0.25) is 6.79 Å². The standard InChI is InChI=1S/C22H17BrClNO8S/c1-29-15-3-11(13(23)6-17(15)31-9-20(26)30-2)5-19-21(27)25(22(28)34-19)8-12-4-16-18(7-14(12)24)33-10-32-16/h3-7H,8-10H2,1-2H3/b19-5-. The van der Waals surface area contributed by atoms with Gasteiger partial charge < -0.3 is 23.7 Å². The lowest BCUT2D eigenvalue weighted by molar-refractivity contribution is -0.142. The number of benzene rings is 2. The molecule has 0 atom stereocenters. The normalized spacial score (nSPS) is 15.8. The van der Waals surface area contributed by atoms with Crippen molar-refractivity contribution in [2.24, 2.45) is 0 Å². The van der Waals surface area contributed by atoms with Crippen LogP contribution in [0.1, 0.15) is 11.1 Å². The molecule has 0 unspecified atom stereocenters. The van der Waals surface area contributed by atoms with Gasteiger partial charge in [-0.05, 0) is 47.2 Å². The second-order valence-corrected chi connectivity index (χ2v) is 9.21. The summed E-state index contributed by atoms with van der Waals surface area (Å²) in [6, 6.07) is 6.48. The molecule has 12 heteroatoms. The summed E-state index contributed by atoms with van der Waals surface area (Å²) in [6.07, 6.45) is 1.57. The first-order valence-electron chi connectivity index (χ1n) is 9.71. The molecular weight excluding hydrogens is 554 g/mol. The van der Waals surface area contributed by atoms with Gasteiger partial charge in [-0.1, -0.05) is 27.5 Å². The molecule has 0 saturated carbocycles. The van der Waals surface area contributed by atoms with Crippen LogP contribution >= 0.6 is 39.3 Å². The van der Waals surface area contributed by atoms with E-state index in [0.29, 0.717) is 43.6 Å². The molecule has 1 fully saturated rings. The number of nitrogens with zero attached hydrogens (tertiary/aromatic N) is 1. The monoisotopic (exact) mass is 569 g/mol. The van der Waals surface area contributed by atoms with Gasteiger partial charge in [0.15, 0.2) is 29.6 Å². The minimum atomic E-state index is -0.543. The van der Waals surface area contributed by atoms with Crippen LogP contribution < -0.4 is 18.9 Å². The molecule has 0 radical (unpaired) electrons. The molecule has 2 heterocycles. The summed E-state index contributed by atoms with van der Waals surface area (Å²) in [5.41, 5.74) is 1.14. The molecule has 9 nitrogen and oxygen atoms in total. The number of hydrogen-bond acceptors (Lipinski definition) is 9. The highest BCUT2D eigenvalue weighted by Gasteiger charge is 2.36. The number of fused-ring (bicyclic) bond motifs is 1. The number of methoxy groups -OCH3 is 2. The molecule has 0 aromatic heterocycles. The minimum absolute atomic E-state index is 0.0116. The van der Waals surface area contributed by atoms with Crippen molar-refractivity contribution in [2.75, 3.05) is 27.6 Å². The van der Waals surface area contributed by atoms with E-state index < -0.39 is 17.1 Å². The SMILES string of the molecule is COC(=O)COc1cc(Br)c(/C=C2\SC(=O)N(Cc3cc4c(cc3Cl)OCO4)C2=O)cc1OC. The molecule has 0 N–H and O–H groups in total. The second kappa shape index (κ2) is 10.2. The minimum Gasteiger partial charge on any atom is -0.493 e. The maximum atomic E-state index is 13.0. The van der Waals surface area contributed by atoms with Gasteiger partial charge in [0.25, 0.3) is 11.1 Å². The van der Waals surface area contributed by atoms with E-state index in [9.17, 15) is 14.4 Å². The maximum Gasteiger partial charge on any atom is 0.343 e. The highest BCUT2D eigenvalue weighted by molar-refractivity contribution is 9.10. The summed E-state index contributed by atoms with van der Waals surface area (Å²) in [5, 5.41) is -0.0617. The number of imide groups is 1. The first kappa shape index (κ1) is 24.2. The zero-order chi connectivity index (χ0) is 24.4. The van der Waals surface area contributed by atoms with Gasteiger partial charge in [-0.25, -0.2) is 4.79 Å². The average Bonchev–Trinajstić information content (AvgIpc) is 3.37. The highest BCUT2D eigenvalue weighted by atomic mass is 79.9. The number of rotatable bonds is 7. The van der Waals surface area contributed by atoms with Gasteiger partial charge in [-0.15, -0.1) is 0 Å². The van der Waals surface area contributed by atoms with Crippen molar-refractivity contribution in [3.63, 3.8) is 0 Å². The Morgan fingerprint density at radius 2 is 1.91 bits per heavy atom. The molecule has 2 aliphatic heterocycles. The zero-order valence-electron chi connectivity index (χ0n) is 17.9. The third-order valence-electron chi connectivity index (χ3n) is 4.89. The number of hydrogen-bond donors (Lipinski definition) is 0. The number of thioether (sulfide) groups is 1. The topological polar surface area (TPSA) is 101 Å². The second-order valence-electron chi connectivity index (χ2n) is 6.95. The quantitative estimate of drug-likeness (QED) is 0.348. The Hall–Kier alpha value is -2.89. The lowest BCUT2D eigenvalue weighted by Crippen LogP contribution is -2.27. The smallest absolute Gasteiger partial charge is 0.343 e. The molecule has 2 aromatic rings. The largest absolute Gasteiger partial charge is 0.493 e. The summed E-state index contributed by atoms with van der Waals surface area (Å²) in [7, 11) is 2.70. The van der Waals surface area contributed by atoms with E-state index in [-0.39, 0.29) is 24.8 Å².